The standard InChI is InChI=1S/C31H34N8O2/c1-22-28(20-34-30(33-2)38-21-35-25-11-10-23(19-32)18-27(25)38)37(16-15-36-13-6-3-7-14-36)31(40)39(22)26-12-17-41-29-9-5-4-8-24(26)29/h4-5,8-11,18,20-21,26H,1,3,6-7,12-17H2,2H3,(H,33,34)/b28-20+/t26-/m1/s1. The van der Waals surface area contributed by atoms with E-state index >= 15 is 0 Å². The third-order valence-electron chi connectivity index (χ3n) is 8.10. The summed E-state index contributed by atoms with van der Waals surface area (Å²) in [6, 6.07) is 15.3. The Kier molecular flexibility index (Phi) is 7.44. The Morgan fingerprint density at radius 1 is 1.22 bits per heavy atom. The van der Waals surface area contributed by atoms with Gasteiger partial charge in [0.05, 0.1) is 46.0 Å². The highest BCUT2D eigenvalue weighted by molar-refractivity contribution is 5.94. The van der Waals surface area contributed by atoms with Crippen molar-refractivity contribution in [1.82, 2.24) is 28.9 Å². The molecule has 10 nitrogen and oxygen atoms in total. The molecule has 1 atom stereocenters. The van der Waals surface area contributed by atoms with E-state index in [1.54, 1.807) is 30.1 Å². The Morgan fingerprint density at radius 2 is 2.05 bits per heavy atom. The minimum Gasteiger partial charge on any atom is -0.493 e. The zero-order valence-corrected chi connectivity index (χ0v) is 23.3. The Hall–Kier alpha value is -4.62. The largest absolute Gasteiger partial charge is 0.493 e. The van der Waals surface area contributed by atoms with Crippen LogP contribution in [0.15, 0.2) is 58.6 Å². The lowest BCUT2D eigenvalue weighted by Crippen LogP contribution is -2.40. The first-order valence-electron chi connectivity index (χ1n) is 14.1. The number of imidazole rings is 2. The number of ether oxygens (including phenoxy) is 1. The summed E-state index contributed by atoms with van der Waals surface area (Å²) >= 11 is 0. The zero-order chi connectivity index (χ0) is 28.3. The predicted octanol–water partition coefficient (Wildman–Crippen LogP) is 2.00. The van der Waals surface area contributed by atoms with Crippen LogP contribution in [-0.4, -0.2) is 62.8 Å². The SMILES string of the molecule is C=c1/c(=C\NC(=NC)n2cnc3ccc(C#N)cc32)n(CCN2CCCCC2)c(=O)n1[C@@H]1CCOc2ccccc21. The van der Waals surface area contributed by atoms with Gasteiger partial charge >= 0.3 is 5.69 Å². The second-order valence-electron chi connectivity index (χ2n) is 10.5. The first kappa shape index (κ1) is 26.6. The first-order chi connectivity index (χ1) is 20.1. The molecule has 0 unspecified atom stereocenters. The van der Waals surface area contributed by atoms with Crippen molar-refractivity contribution in [3.8, 4) is 11.8 Å². The number of nitriles is 1. The summed E-state index contributed by atoms with van der Waals surface area (Å²) in [6.45, 7) is 8.42. The normalized spacial score (nSPS) is 18.2. The van der Waals surface area contributed by atoms with Crippen molar-refractivity contribution in [2.24, 2.45) is 4.99 Å². The first-order valence-corrected chi connectivity index (χ1v) is 14.1. The van der Waals surface area contributed by atoms with Crippen molar-refractivity contribution in [3.05, 3.63) is 81.1 Å². The maximum Gasteiger partial charge on any atom is 0.329 e. The third-order valence-corrected chi connectivity index (χ3v) is 8.10. The molecule has 0 saturated carbocycles. The molecule has 10 heteroatoms. The minimum atomic E-state index is -0.162. The molecular weight excluding hydrogens is 516 g/mol. The summed E-state index contributed by atoms with van der Waals surface area (Å²) in [6.07, 6.45) is 7.82. The van der Waals surface area contributed by atoms with E-state index in [2.05, 4.69) is 32.8 Å². The fourth-order valence-electron chi connectivity index (χ4n) is 5.96. The number of benzene rings is 2. The maximum absolute atomic E-state index is 14.1. The molecule has 1 N–H and O–H groups in total. The highest BCUT2D eigenvalue weighted by atomic mass is 16.5. The number of piperidine rings is 1. The van der Waals surface area contributed by atoms with Crippen LogP contribution in [0, 0.1) is 11.3 Å². The molecule has 2 aromatic heterocycles. The monoisotopic (exact) mass is 550 g/mol. The summed E-state index contributed by atoms with van der Waals surface area (Å²) in [5, 5.41) is 14.1. The van der Waals surface area contributed by atoms with Crippen LogP contribution < -0.4 is 26.4 Å². The van der Waals surface area contributed by atoms with E-state index in [0.29, 0.717) is 41.8 Å². The molecular formula is C31H34N8O2. The minimum absolute atomic E-state index is 0.0801. The van der Waals surface area contributed by atoms with Gasteiger partial charge in [-0.25, -0.2) is 9.78 Å². The number of fused-ring (bicyclic) bond motifs is 2. The lowest BCUT2D eigenvalue weighted by Gasteiger charge is -2.27. The zero-order valence-electron chi connectivity index (χ0n) is 23.3. The van der Waals surface area contributed by atoms with Crippen LogP contribution in [0.3, 0.4) is 0 Å². The van der Waals surface area contributed by atoms with Crippen LogP contribution in [0.1, 0.15) is 42.9 Å². The van der Waals surface area contributed by atoms with Gasteiger partial charge in [-0.05, 0) is 50.2 Å². The van der Waals surface area contributed by atoms with Gasteiger partial charge < -0.3 is 15.0 Å². The fraction of sp³-hybridized carbons (Fsp3) is 0.355. The Balaban J connectivity index is 1.41. The second kappa shape index (κ2) is 11.5. The van der Waals surface area contributed by atoms with Gasteiger partial charge in [0.15, 0.2) is 0 Å². The molecule has 4 heterocycles. The van der Waals surface area contributed by atoms with E-state index in [1.807, 2.05) is 45.7 Å². The van der Waals surface area contributed by atoms with Crippen LogP contribution in [0.5, 0.6) is 5.75 Å². The fourth-order valence-corrected chi connectivity index (χ4v) is 5.96. The number of para-hydroxylation sites is 1. The van der Waals surface area contributed by atoms with Crippen molar-refractivity contribution < 1.29 is 4.74 Å². The van der Waals surface area contributed by atoms with E-state index in [-0.39, 0.29) is 11.7 Å². The molecule has 210 valence electrons. The van der Waals surface area contributed by atoms with E-state index in [9.17, 15) is 10.1 Å². The summed E-state index contributed by atoms with van der Waals surface area (Å²) in [5.41, 5.74) is 2.97. The van der Waals surface area contributed by atoms with Gasteiger partial charge in [-0.15, -0.1) is 0 Å². The lowest BCUT2D eigenvalue weighted by molar-refractivity contribution is 0.218. The highest BCUT2D eigenvalue weighted by Gasteiger charge is 2.26. The summed E-state index contributed by atoms with van der Waals surface area (Å²) in [5.74, 6) is 1.32. The smallest absolute Gasteiger partial charge is 0.329 e. The van der Waals surface area contributed by atoms with Gasteiger partial charge in [0.25, 0.3) is 0 Å². The van der Waals surface area contributed by atoms with Crippen LogP contribution in [0.2, 0.25) is 0 Å². The molecule has 41 heavy (non-hydrogen) atoms. The van der Waals surface area contributed by atoms with Crippen molar-refractivity contribution >= 4 is 29.8 Å². The molecule has 2 aliphatic heterocycles. The maximum atomic E-state index is 14.1. The molecule has 6 rings (SSSR count). The van der Waals surface area contributed by atoms with Gasteiger partial charge in [-0.1, -0.05) is 31.2 Å². The summed E-state index contributed by atoms with van der Waals surface area (Å²) in [4.78, 5) is 25.4. The van der Waals surface area contributed by atoms with E-state index in [0.717, 1.165) is 42.0 Å². The van der Waals surface area contributed by atoms with Crippen molar-refractivity contribution in [1.29, 1.82) is 5.26 Å². The number of hydrogen-bond acceptors (Lipinski definition) is 6. The van der Waals surface area contributed by atoms with E-state index in [4.69, 9.17) is 4.74 Å². The number of aromatic nitrogens is 4. The quantitative estimate of drug-likeness (QED) is 0.301. The Morgan fingerprint density at radius 3 is 2.85 bits per heavy atom. The second-order valence-corrected chi connectivity index (χ2v) is 10.5. The average molecular weight is 551 g/mol. The van der Waals surface area contributed by atoms with Gasteiger partial charge in [-0.2, -0.15) is 5.26 Å². The van der Waals surface area contributed by atoms with Gasteiger partial charge in [-0.3, -0.25) is 18.7 Å². The number of rotatable bonds is 5. The van der Waals surface area contributed by atoms with E-state index < -0.39 is 0 Å². The molecule has 1 fully saturated rings. The summed E-state index contributed by atoms with van der Waals surface area (Å²) in [7, 11) is 1.69. The molecule has 0 spiro atoms. The average Bonchev–Trinajstić information content (AvgIpc) is 3.53. The Labute approximate surface area is 238 Å². The van der Waals surface area contributed by atoms with Gasteiger partial charge in [0.2, 0.25) is 5.96 Å². The van der Waals surface area contributed by atoms with Crippen LogP contribution in [0.25, 0.3) is 23.8 Å². The van der Waals surface area contributed by atoms with E-state index in [1.165, 1.54) is 19.3 Å². The lowest BCUT2D eigenvalue weighted by atomic mass is 10.0. The van der Waals surface area contributed by atoms with Crippen LogP contribution in [0.4, 0.5) is 0 Å². The molecule has 2 aromatic carbocycles. The molecule has 2 aliphatic rings. The molecule has 0 aliphatic carbocycles. The van der Waals surface area contributed by atoms with Crippen molar-refractivity contribution in [2.75, 3.05) is 33.3 Å². The van der Waals surface area contributed by atoms with Crippen LogP contribution in [-0.2, 0) is 6.54 Å². The Bertz CT molecular complexity index is 1820. The van der Waals surface area contributed by atoms with Gasteiger partial charge in [0.1, 0.15) is 12.1 Å². The number of nitrogens with zero attached hydrogens (tertiary/aromatic N) is 7. The van der Waals surface area contributed by atoms with Crippen molar-refractivity contribution in [3.63, 3.8) is 0 Å². The van der Waals surface area contributed by atoms with Gasteiger partial charge in [0, 0.05) is 38.3 Å². The molecule has 4 aromatic rings. The van der Waals surface area contributed by atoms with Crippen LogP contribution >= 0.6 is 0 Å². The molecule has 0 radical (unpaired) electrons. The molecule has 1 saturated heterocycles. The predicted molar refractivity (Wildman–Crippen MR) is 159 cm³/mol. The summed E-state index contributed by atoms with van der Waals surface area (Å²) < 4.78 is 11.3. The number of aliphatic imine (C=N–C) groups is 1. The number of nitrogens with one attached hydrogen (secondary N) is 1. The molecule has 0 bridgehead atoms. The number of likely N-dealkylation sites (tertiary alicyclic amines) is 1. The van der Waals surface area contributed by atoms with Crippen molar-refractivity contribution in [2.45, 2.75) is 38.3 Å². The molecule has 0 amide bonds. The number of hydrogen-bond donors (Lipinski definition) is 1. The highest BCUT2D eigenvalue weighted by Crippen LogP contribution is 2.32. The topological polar surface area (TPSA) is 105 Å². The third kappa shape index (κ3) is 5.05.